The number of benzene rings is 2. The van der Waals surface area contributed by atoms with Crippen LogP contribution < -0.4 is 10.6 Å². The molecule has 0 saturated carbocycles. The predicted octanol–water partition coefficient (Wildman–Crippen LogP) is 4.41. The molecule has 0 aliphatic rings. The smallest absolute Gasteiger partial charge is 0.319 e. The van der Waals surface area contributed by atoms with Gasteiger partial charge in [-0.05, 0) is 24.3 Å². The van der Waals surface area contributed by atoms with Crippen molar-refractivity contribution in [2.24, 2.45) is 0 Å². The molecular formula is C18H18FN3O2. The Morgan fingerprint density at radius 1 is 1.25 bits per heavy atom. The number of nitrogens with zero attached hydrogens (tertiary/aromatic N) is 1. The highest BCUT2D eigenvalue weighted by molar-refractivity contribution is 5.91. The molecule has 0 aliphatic carbocycles. The molecule has 1 aromatic heterocycles. The number of nitrogens with one attached hydrogen (secondary N) is 2. The third kappa shape index (κ3) is 3.53. The second-order valence-corrected chi connectivity index (χ2v) is 5.79. The van der Waals surface area contributed by atoms with E-state index in [2.05, 4.69) is 15.6 Å². The largest absolute Gasteiger partial charge is 0.440 e. The first-order valence-electron chi connectivity index (χ1n) is 7.71. The van der Waals surface area contributed by atoms with E-state index in [0.29, 0.717) is 28.2 Å². The van der Waals surface area contributed by atoms with Gasteiger partial charge in [-0.1, -0.05) is 32.0 Å². The molecule has 0 fully saturated rings. The van der Waals surface area contributed by atoms with Crippen LogP contribution in [0.3, 0.4) is 0 Å². The molecule has 6 heteroatoms. The van der Waals surface area contributed by atoms with Gasteiger partial charge in [0.25, 0.3) is 0 Å². The zero-order chi connectivity index (χ0) is 17.1. The van der Waals surface area contributed by atoms with E-state index >= 15 is 0 Å². The summed E-state index contributed by atoms with van der Waals surface area (Å²) in [4.78, 5) is 16.4. The van der Waals surface area contributed by atoms with Crippen molar-refractivity contribution < 1.29 is 13.6 Å². The van der Waals surface area contributed by atoms with Gasteiger partial charge < -0.3 is 15.1 Å². The molecule has 5 nitrogen and oxygen atoms in total. The van der Waals surface area contributed by atoms with Gasteiger partial charge in [0.15, 0.2) is 11.5 Å². The fraction of sp³-hybridized carbons (Fsp3) is 0.222. The van der Waals surface area contributed by atoms with Gasteiger partial charge in [0, 0.05) is 23.7 Å². The number of carbonyl (C=O) groups excluding carboxylic acids is 1. The van der Waals surface area contributed by atoms with Crippen molar-refractivity contribution in [2.75, 3.05) is 5.32 Å². The number of anilines is 1. The molecule has 2 N–H and O–H groups in total. The monoisotopic (exact) mass is 327 g/mol. The molecule has 24 heavy (non-hydrogen) atoms. The summed E-state index contributed by atoms with van der Waals surface area (Å²) < 4.78 is 19.1. The number of carbonyl (C=O) groups is 1. The van der Waals surface area contributed by atoms with Gasteiger partial charge in [-0.15, -0.1) is 0 Å². The van der Waals surface area contributed by atoms with Gasteiger partial charge in [-0.25, -0.2) is 14.2 Å². The minimum Gasteiger partial charge on any atom is -0.440 e. The molecule has 0 bridgehead atoms. The van der Waals surface area contributed by atoms with Gasteiger partial charge in [0.05, 0.1) is 0 Å². The molecule has 124 valence electrons. The maximum atomic E-state index is 13.5. The summed E-state index contributed by atoms with van der Waals surface area (Å²) in [6.07, 6.45) is 0. The molecule has 0 aliphatic heterocycles. The van der Waals surface area contributed by atoms with Gasteiger partial charge in [0.1, 0.15) is 11.3 Å². The number of urea groups is 1. The quantitative estimate of drug-likeness (QED) is 0.746. The van der Waals surface area contributed by atoms with Crippen LogP contribution >= 0.6 is 0 Å². The fourth-order valence-electron chi connectivity index (χ4n) is 2.26. The Bertz CT molecular complexity index is 874. The third-order valence-corrected chi connectivity index (χ3v) is 3.55. The highest BCUT2D eigenvalue weighted by Crippen LogP contribution is 2.23. The Balaban J connectivity index is 1.65. The Hall–Kier alpha value is -2.89. The molecular weight excluding hydrogens is 309 g/mol. The van der Waals surface area contributed by atoms with Crippen LogP contribution in [0.15, 0.2) is 46.9 Å². The number of hydrogen-bond acceptors (Lipinski definition) is 3. The van der Waals surface area contributed by atoms with E-state index in [1.54, 1.807) is 36.4 Å². The van der Waals surface area contributed by atoms with E-state index in [4.69, 9.17) is 4.42 Å². The van der Waals surface area contributed by atoms with E-state index < -0.39 is 6.03 Å². The average molecular weight is 327 g/mol. The summed E-state index contributed by atoms with van der Waals surface area (Å²) in [6, 6.07) is 11.2. The maximum absolute atomic E-state index is 13.5. The summed E-state index contributed by atoms with van der Waals surface area (Å²) in [7, 11) is 0. The first-order chi connectivity index (χ1) is 11.5. The van der Waals surface area contributed by atoms with Crippen molar-refractivity contribution >= 4 is 22.8 Å². The topological polar surface area (TPSA) is 67.2 Å². The van der Waals surface area contributed by atoms with Crippen LogP contribution in [-0.4, -0.2) is 11.0 Å². The van der Waals surface area contributed by atoms with E-state index in [9.17, 15) is 9.18 Å². The molecule has 0 saturated heterocycles. The van der Waals surface area contributed by atoms with Crippen LogP contribution in [0.2, 0.25) is 0 Å². The molecule has 0 radical (unpaired) electrons. The van der Waals surface area contributed by atoms with Crippen molar-refractivity contribution in [3.8, 4) is 0 Å². The standard InChI is InChI=1S/C18H18FN3O2/c1-11(2)17-22-15-9-13(7-8-16(15)24-17)21-18(23)20-10-12-5-3-4-6-14(12)19/h3-9,11H,10H2,1-2H3,(H2,20,21,23). The summed E-state index contributed by atoms with van der Waals surface area (Å²) in [6.45, 7) is 4.11. The van der Waals surface area contributed by atoms with Gasteiger partial charge >= 0.3 is 6.03 Å². The van der Waals surface area contributed by atoms with Crippen LogP contribution in [-0.2, 0) is 6.54 Å². The number of rotatable bonds is 4. The summed E-state index contributed by atoms with van der Waals surface area (Å²) >= 11 is 0. The lowest BCUT2D eigenvalue weighted by Gasteiger charge is -2.08. The van der Waals surface area contributed by atoms with E-state index in [0.717, 1.165) is 0 Å². The van der Waals surface area contributed by atoms with Crippen molar-refractivity contribution in [1.29, 1.82) is 0 Å². The first-order valence-corrected chi connectivity index (χ1v) is 7.71. The van der Waals surface area contributed by atoms with Crippen molar-refractivity contribution in [1.82, 2.24) is 10.3 Å². The molecule has 3 aromatic rings. The molecule has 0 atom stereocenters. The van der Waals surface area contributed by atoms with Crippen LogP contribution in [0.25, 0.3) is 11.1 Å². The van der Waals surface area contributed by atoms with Crippen molar-refractivity contribution in [3.63, 3.8) is 0 Å². The van der Waals surface area contributed by atoms with Crippen molar-refractivity contribution in [3.05, 3.63) is 59.7 Å². The SMILES string of the molecule is CC(C)c1nc2cc(NC(=O)NCc3ccccc3F)ccc2o1. The van der Waals surface area contributed by atoms with Crippen LogP contribution in [0, 0.1) is 5.82 Å². The van der Waals surface area contributed by atoms with E-state index in [1.165, 1.54) is 6.07 Å². The molecule has 0 unspecified atom stereocenters. The minimum absolute atomic E-state index is 0.113. The predicted molar refractivity (Wildman–Crippen MR) is 90.4 cm³/mol. The second kappa shape index (κ2) is 6.70. The Morgan fingerprint density at radius 3 is 2.79 bits per heavy atom. The fourth-order valence-corrected chi connectivity index (χ4v) is 2.26. The number of fused-ring (bicyclic) bond motifs is 1. The maximum Gasteiger partial charge on any atom is 0.319 e. The van der Waals surface area contributed by atoms with E-state index in [-0.39, 0.29) is 18.3 Å². The summed E-state index contributed by atoms with van der Waals surface area (Å²) in [5.41, 5.74) is 2.39. The molecule has 2 aromatic carbocycles. The first kappa shape index (κ1) is 16.0. The number of oxazole rings is 1. The number of amides is 2. The van der Waals surface area contributed by atoms with E-state index in [1.807, 2.05) is 13.8 Å². The molecule has 2 amide bonds. The molecule has 0 spiro atoms. The van der Waals surface area contributed by atoms with Gasteiger partial charge in [-0.2, -0.15) is 0 Å². The lowest BCUT2D eigenvalue weighted by Crippen LogP contribution is -2.28. The van der Waals surface area contributed by atoms with Crippen LogP contribution in [0.1, 0.15) is 31.2 Å². The van der Waals surface area contributed by atoms with Crippen LogP contribution in [0.4, 0.5) is 14.9 Å². The second-order valence-electron chi connectivity index (χ2n) is 5.79. The normalized spacial score (nSPS) is 11.0. The van der Waals surface area contributed by atoms with Gasteiger partial charge in [-0.3, -0.25) is 0 Å². The highest BCUT2D eigenvalue weighted by atomic mass is 19.1. The molecule has 1 heterocycles. The number of aromatic nitrogens is 1. The lowest BCUT2D eigenvalue weighted by molar-refractivity contribution is 0.251. The van der Waals surface area contributed by atoms with Gasteiger partial charge in [0.2, 0.25) is 0 Å². The number of hydrogen-bond donors (Lipinski definition) is 2. The highest BCUT2D eigenvalue weighted by Gasteiger charge is 2.11. The zero-order valence-electron chi connectivity index (χ0n) is 13.5. The average Bonchev–Trinajstić information content (AvgIpc) is 2.98. The molecule has 3 rings (SSSR count). The Kier molecular flexibility index (Phi) is 4.46. The lowest BCUT2D eigenvalue weighted by atomic mass is 10.2. The third-order valence-electron chi connectivity index (χ3n) is 3.55. The summed E-state index contributed by atoms with van der Waals surface area (Å²) in [5, 5.41) is 5.33. The Morgan fingerprint density at radius 2 is 2.04 bits per heavy atom. The summed E-state index contributed by atoms with van der Waals surface area (Å²) in [5.74, 6) is 0.507. The minimum atomic E-state index is -0.412. The Labute approximate surface area is 138 Å². The zero-order valence-corrected chi connectivity index (χ0v) is 13.5. The number of halogens is 1. The van der Waals surface area contributed by atoms with Crippen molar-refractivity contribution in [2.45, 2.75) is 26.3 Å². The van der Waals surface area contributed by atoms with Crippen LogP contribution in [0.5, 0.6) is 0 Å².